The summed E-state index contributed by atoms with van der Waals surface area (Å²) < 4.78 is 32.4. The maximum Gasteiger partial charge on any atom is 0.219 e. The Hall–Kier alpha value is -0.910. The van der Waals surface area contributed by atoms with E-state index in [1.165, 1.54) is 5.56 Å². The molecule has 0 amide bonds. The smallest absolute Gasteiger partial charge is 0.219 e. The molecule has 0 aliphatic carbocycles. The Morgan fingerprint density at radius 3 is 2.71 bits per heavy atom. The second kappa shape index (κ2) is 6.46. The third kappa shape index (κ3) is 3.30. The van der Waals surface area contributed by atoms with Gasteiger partial charge in [-0.25, -0.2) is 8.42 Å². The molecule has 0 bridgehead atoms. The minimum atomic E-state index is -3.18. The number of ether oxygens (including phenoxy) is 1. The normalized spacial score (nSPS) is 27.2. The van der Waals surface area contributed by atoms with Crippen LogP contribution in [0.25, 0.3) is 0 Å². The number of aryl methyl sites for hydroxylation is 1. The standard InChI is InChI=1S/C16H23NO3S/c18-21(19,16-10-12-20-13-16)17-11-4-7-15(17)9-8-14-5-2-1-3-6-14/h1-3,5-6,15-16H,4,7-13H2. The Balaban J connectivity index is 1.65. The lowest BCUT2D eigenvalue weighted by Crippen LogP contribution is -2.42. The van der Waals surface area contributed by atoms with Crippen molar-refractivity contribution in [2.45, 2.75) is 43.4 Å². The van der Waals surface area contributed by atoms with Gasteiger partial charge in [0.2, 0.25) is 10.0 Å². The molecular weight excluding hydrogens is 286 g/mol. The van der Waals surface area contributed by atoms with Gasteiger partial charge < -0.3 is 4.74 Å². The quantitative estimate of drug-likeness (QED) is 0.838. The van der Waals surface area contributed by atoms with Gasteiger partial charge in [-0.2, -0.15) is 4.31 Å². The zero-order valence-electron chi connectivity index (χ0n) is 12.3. The minimum Gasteiger partial charge on any atom is -0.380 e. The predicted molar refractivity (Wildman–Crippen MR) is 82.6 cm³/mol. The van der Waals surface area contributed by atoms with E-state index in [1.54, 1.807) is 4.31 Å². The molecule has 2 unspecified atom stereocenters. The minimum absolute atomic E-state index is 0.163. The van der Waals surface area contributed by atoms with Crippen LogP contribution in [0.5, 0.6) is 0 Å². The summed E-state index contributed by atoms with van der Waals surface area (Å²) in [5, 5.41) is -0.324. The van der Waals surface area contributed by atoms with E-state index in [1.807, 2.05) is 18.2 Å². The first-order valence-corrected chi connectivity index (χ1v) is 9.30. The highest BCUT2D eigenvalue weighted by molar-refractivity contribution is 7.89. The van der Waals surface area contributed by atoms with Crippen molar-refractivity contribution < 1.29 is 13.2 Å². The maximum absolute atomic E-state index is 12.7. The Morgan fingerprint density at radius 1 is 1.19 bits per heavy atom. The van der Waals surface area contributed by atoms with Crippen LogP contribution in [0.3, 0.4) is 0 Å². The summed E-state index contributed by atoms with van der Waals surface area (Å²) in [6, 6.07) is 10.5. The van der Waals surface area contributed by atoms with Gasteiger partial charge in [-0.1, -0.05) is 30.3 Å². The molecule has 2 atom stereocenters. The molecule has 21 heavy (non-hydrogen) atoms. The van der Waals surface area contributed by atoms with E-state index in [0.717, 1.165) is 25.7 Å². The topological polar surface area (TPSA) is 46.6 Å². The fraction of sp³-hybridized carbons (Fsp3) is 0.625. The lowest BCUT2D eigenvalue weighted by Gasteiger charge is -2.26. The van der Waals surface area contributed by atoms with Gasteiger partial charge in [0, 0.05) is 19.2 Å². The van der Waals surface area contributed by atoms with Crippen LogP contribution in [0.1, 0.15) is 31.2 Å². The average molecular weight is 309 g/mol. The van der Waals surface area contributed by atoms with Gasteiger partial charge in [-0.05, 0) is 37.7 Å². The fourth-order valence-corrected chi connectivity index (χ4v) is 5.41. The molecule has 5 heteroatoms. The molecule has 2 fully saturated rings. The number of hydrogen-bond acceptors (Lipinski definition) is 3. The molecule has 2 aliphatic rings. The molecule has 116 valence electrons. The number of hydrogen-bond donors (Lipinski definition) is 0. The van der Waals surface area contributed by atoms with Crippen molar-refractivity contribution in [2.75, 3.05) is 19.8 Å². The Kier molecular flexibility index (Phi) is 4.62. The molecule has 3 rings (SSSR count). The lowest BCUT2D eigenvalue weighted by atomic mass is 10.0. The molecule has 4 nitrogen and oxygen atoms in total. The lowest BCUT2D eigenvalue weighted by molar-refractivity contribution is 0.197. The van der Waals surface area contributed by atoms with Crippen LogP contribution in [0.4, 0.5) is 0 Å². The molecule has 0 radical (unpaired) electrons. The van der Waals surface area contributed by atoms with Crippen LogP contribution in [-0.4, -0.2) is 43.8 Å². The summed E-state index contributed by atoms with van der Waals surface area (Å²) in [5.74, 6) is 0. The number of nitrogens with zero attached hydrogens (tertiary/aromatic N) is 1. The zero-order valence-corrected chi connectivity index (χ0v) is 13.1. The second-order valence-corrected chi connectivity index (χ2v) is 8.13. The molecule has 2 heterocycles. The van der Waals surface area contributed by atoms with Crippen LogP contribution in [0.15, 0.2) is 30.3 Å². The summed E-state index contributed by atoms with van der Waals surface area (Å²) in [5.41, 5.74) is 1.28. The second-order valence-electron chi connectivity index (χ2n) is 5.96. The first kappa shape index (κ1) is 15.0. The van der Waals surface area contributed by atoms with E-state index < -0.39 is 10.0 Å². The third-order valence-electron chi connectivity index (χ3n) is 4.57. The average Bonchev–Trinajstić information content (AvgIpc) is 3.18. The molecule has 0 N–H and O–H groups in total. The van der Waals surface area contributed by atoms with Gasteiger partial charge in [-0.3, -0.25) is 0 Å². The fourth-order valence-electron chi connectivity index (χ4n) is 3.35. The van der Waals surface area contributed by atoms with E-state index in [4.69, 9.17) is 4.74 Å². The third-order valence-corrected chi connectivity index (χ3v) is 6.92. The summed E-state index contributed by atoms with van der Waals surface area (Å²) in [4.78, 5) is 0. The zero-order chi connectivity index (χ0) is 14.7. The first-order valence-electron chi connectivity index (χ1n) is 7.80. The number of sulfonamides is 1. The highest BCUT2D eigenvalue weighted by atomic mass is 32.2. The largest absolute Gasteiger partial charge is 0.380 e. The number of rotatable bonds is 5. The Labute approximate surface area is 127 Å². The summed E-state index contributed by atoms with van der Waals surface area (Å²) >= 11 is 0. The molecule has 1 aromatic carbocycles. The summed E-state index contributed by atoms with van der Waals surface area (Å²) in [6.45, 7) is 1.62. The van der Waals surface area contributed by atoms with E-state index in [9.17, 15) is 8.42 Å². The van der Waals surface area contributed by atoms with Gasteiger partial charge in [-0.15, -0.1) is 0 Å². The highest BCUT2D eigenvalue weighted by Gasteiger charge is 2.40. The molecule has 0 spiro atoms. The van der Waals surface area contributed by atoms with Gasteiger partial charge in [0.25, 0.3) is 0 Å². The Bertz CT molecular complexity index is 552. The van der Waals surface area contributed by atoms with Crippen LogP contribution in [0.2, 0.25) is 0 Å². The van der Waals surface area contributed by atoms with Gasteiger partial charge in [0.15, 0.2) is 0 Å². The van der Waals surface area contributed by atoms with Crippen molar-refractivity contribution in [3.63, 3.8) is 0 Å². The molecule has 2 aliphatic heterocycles. The SMILES string of the molecule is O=S(=O)(C1CCOC1)N1CCCC1CCc1ccccc1. The summed E-state index contributed by atoms with van der Waals surface area (Å²) in [6.07, 6.45) is 4.46. The van der Waals surface area contributed by atoms with Gasteiger partial charge in [0.05, 0.1) is 6.61 Å². The van der Waals surface area contributed by atoms with E-state index in [0.29, 0.717) is 26.2 Å². The van der Waals surface area contributed by atoms with Crippen molar-refractivity contribution in [3.8, 4) is 0 Å². The molecular formula is C16H23NO3S. The van der Waals surface area contributed by atoms with E-state index in [2.05, 4.69) is 12.1 Å². The van der Waals surface area contributed by atoms with Crippen LogP contribution in [-0.2, 0) is 21.2 Å². The number of benzene rings is 1. The summed E-state index contributed by atoms with van der Waals surface area (Å²) in [7, 11) is -3.18. The van der Waals surface area contributed by atoms with E-state index in [-0.39, 0.29) is 11.3 Å². The van der Waals surface area contributed by atoms with E-state index >= 15 is 0 Å². The van der Waals surface area contributed by atoms with Crippen LogP contribution in [0, 0.1) is 0 Å². The maximum atomic E-state index is 12.7. The monoisotopic (exact) mass is 309 g/mol. The molecule has 0 saturated carbocycles. The van der Waals surface area contributed by atoms with Crippen molar-refractivity contribution in [2.24, 2.45) is 0 Å². The van der Waals surface area contributed by atoms with Gasteiger partial charge >= 0.3 is 0 Å². The first-order chi connectivity index (χ1) is 10.2. The van der Waals surface area contributed by atoms with Gasteiger partial charge in [0.1, 0.15) is 5.25 Å². The van der Waals surface area contributed by atoms with Crippen molar-refractivity contribution in [1.82, 2.24) is 4.31 Å². The highest BCUT2D eigenvalue weighted by Crippen LogP contribution is 2.29. The molecule has 0 aromatic heterocycles. The van der Waals surface area contributed by atoms with Crippen molar-refractivity contribution >= 4 is 10.0 Å². The predicted octanol–water partition coefficient (Wildman–Crippen LogP) is 2.20. The van der Waals surface area contributed by atoms with Crippen molar-refractivity contribution in [1.29, 1.82) is 0 Å². The van der Waals surface area contributed by atoms with Crippen LogP contribution >= 0.6 is 0 Å². The van der Waals surface area contributed by atoms with Crippen molar-refractivity contribution in [3.05, 3.63) is 35.9 Å². The van der Waals surface area contributed by atoms with Crippen LogP contribution < -0.4 is 0 Å². The Morgan fingerprint density at radius 2 is 2.00 bits per heavy atom. The molecule has 1 aromatic rings. The molecule has 2 saturated heterocycles.